The van der Waals surface area contributed by atoms with Crippen LogP contribution in [0.25, 0.3) is 0 Å². The van der Waals surface area contributed by atoms with Crippen LogP contribution in [0.5, 0.6) is 0 Å². The summed E-state index contributed by atoms with van der Waals surface area (Å²) in [6.45, 7) is 9.72. The van der Waals surface area contributed by atoms with E-state index in [2.05, 4.69) is 25.7 Å². The molecule has 0 aromatic rings. The molecule has 0 saturated carbocycles. The Kier molecular flexibility index (Phi) is 10.3. The largest absolute Gasteiger partial charge is 0.395 e. The minimum atomic E-state index is -0.387. The van der Waals surface area contributed by atoms with Gasteiger partial charge in [-0.05, 0) is 36.0 Å². The van der Waals surface area contributed by atoms with Gasteiger partial charge in [0.2, 0.25) is 0 Å². The smallest absolute Gasteiger partial charge is 0.0558 e. The van der Waals surface area contributed by atoms with Crippen LogP contribution in [0.2, 0.25) is 0 Å². The van der Waals surface area contributed by atoms with Crippen LogP contribution >= 0.6 is 10.0 Å². The zero-order valence-corrected chi connectivity index (χ0v) is 12.6. The van der Waals surface area contributed by atoms with E-state index >= 15 is 0 Å². The molecule has 0 amide bonds. The van der Waals surface area contributed by atoms with Gasteiger partial charge in [-0.3, -0.25) is 4.90 Å². The van der Waals surface area contributed by atoms with E-state index in [0.717, 1.165) is 6.54 Å². The molecule has 0 spiro atoms. The third-order valence-electron chi connectivity index (χ3n) is 3.72. The van der Waals surface area contributed by atoms with Gasteiger partial charge in [0.15, 0.2) is 0 Å². The first kappa shape index (κ1) is 17.2. The molecule has 0 aliphatic carbocycles. The maximum Gasteiger partial charge on any atom is 0.0558 e. The molecule has 0 aliphatic heterocycles. The van der Waals surface area contributed by atoms with Crippen molar-refractivity contribution in [2.24, 2.45) is 0 Å². The number of rotatable bonds is 11. The van der Waals surface area contributed by atoms with Crippen molar-refractivity contribution in [3.8, 4) is 0 Å². The topological polar surface area (TPSA) is 43.7 Å². The number of aliphatic hydroxyl groups is 2. The van der Waals surface area contributed by atoms with Crippen LogP contribution in [0, 0.1) is 0 Å². The van der Waals surface area contributed by atoms with Crippen LogP contribution < -0.4 is 0 Å². The second-order valence-electron chi connectivity index (χ2n) is 4.44. The molecule has 0 radical (unpaired) electrons. The zero-order chi connectivity index (χ0) is 13.1. The van der Waals surface area contributed by atoms with Crippen molar-refractivity contribution in [3.63, 3.8) is 0 Å². The van der Waals surface area contributed by atoms with E-state index in [1.54, 1.807) is 0 Å². The van der Waals surface area contributed by atoms with E-state index in [1.807, 2.05) is 0 Å². The number of hydrogen-bond acceptors (Lipinski definition) is 3. The van der Waals surface area contributed by atoms with Crippen molar-refractivity contribution < 1.29 is 10.2 Å². The Balaban J connectivity index is 3.99. The summed E-state index contributed by atoms with van der Waals surface area (Å²) >= 11 is 0. The first-order valence-electron chi connectivity index (χ1n) is 6.86. The molecule has 0 bridgehead atoms. The Bertz CT molecular complexity index is 161. The number of aliphatic hydroxyl groups excluding tert-OH is 2. The van der Waals surface area contributed by atoms with Gasteiger partial charge >= 0.3 is 0 Å². The summed E-state index contributed by atoms with van der Waals surface area (Å²) in [5.41, 5.74) is 0. The van der Waals surface area contributed by atoms with Crippen LogP contribution in [-0.2, 0) is 0 Å². The quantitative estimate of drug-likeness (QED) is 0.595. The van der Waals surface area contributed by atoms with Crippen LogP contribution in [-0.4, -0.2) is 71.0 Å². The maximum absolute atomic E-state index is 8.94. The van der Waals surface area contributed by atoms with Crippen molar-refractivity contribution in [1.29, 1.82) is 0 Å². The lowest BCUT2D eigenvalue weighted by Crippen LogP contribution is -2.31. The Morgan fingerprint density at radius 2 is 1.29 bits per heavy atom. The van der Waals surface area contributed by atoms with Gasteiger partial charge in [0.05, 0.1) is 13.2 Å². The van der Waals surface area contributed by atoms with E-state index in [9.17, 15) is 0 Å². The Labute approximate surface area is 109 Å². The fourth-order valence-electron chi connectivity index (χ4n) is 2.26. The molecule has 17 heavy (non-hydrogen) atoms. The summed E-state index contributed by atoms with van der Waals surface area (Å²) in [4.78, 5) is 2.16. The normalized spacial score (nSPS) is 13.3. The van der Waals surface area contributed by atoms with Gasteiger partial charge in [-0.15, -0.1) is 0 Å². The molecule has 3 nitrogen and oxygen atoms in total. The SMILES string of the molecule is CCS(CC)(CC)CCCN(CCO)CCO. The lowest BCUT2D eigenvalue weighted by molar-refractivity contribution is 0.161. The molecule has 0 aromatic heterocycles. The molecule has 2 N–H and O–H groups in total. The van der Waals surface area contributed by atoms with E-state index in [4.69, 9.17) is 10.2 Å². The van der Waals surface area contributed by atoms with Crippen molar-refractivity contribution in [2.45, 2.75) is 27.2 Å². The molecule has 106 valence electrons. The molecule has 0 rings (SSSR count). The first-order chi connectivity index (χ1) is 8.17. The summed E-state index contributed by atoms with van der Waals surface area (Å²) in [6.07, 6.45) is 1.20. The third kappa shape index (κ3) is 6.65. The second kappa shape index (κ2) is 10.2. The highest BCUT2D eigenvalue weighted by Gasteiger charge is 2.17. The summed E-state index contributed by atoms with van der Waals surface area (Å²) in [6, 6.07) is 0. The first-order valence-corrected chi connectivity index (χ1v) is 9.17. The standard InChI is InChI=1S/C13H31NO2S/c1-4-17(5-2,6-3)13-7-8-14(9-11-15)10-12-16/h15-16H,4-13H2,1-3H3. The minimum Gasteiger partial charge on any atom is -0.395 e. The molecule has 0 atom stereocenters. The summed E-state index contributed by atoms with van der Waals surface area (Å²) < 4.78 is 0. The molecule has 0 aliphatic rings. The lowest BCUT2D eigenvalue weighted by Gasteiger charge is -2.38. The molecule has 0 heterocycles. The van der Waals surface area contributed by atoms with Crippen molar-refractivity contribution in [1.82, 2.24) is 4.90 Å². The molecular formula is C13H31NO2S. The highest BCUT2D eigenvalue weighted by molar-refractivity contribution is 8.33. The average Bonchev–Trinajstić information content (AvgIpc) is 2.36. The fourth-order valence-corrected chi connectivity index (χ4v) is 5.09. The Hall–Kier alpha value is 0.230. The van der Waals surface area contributed by atoms with E-state index in [-0.39, 0.29) is 23.2 Å². The molecule has 0 saturated heterocycles. The highest BCUT2D eigenvalue weighted by Crippen LogP contribution is 2.47. The van der Waals surface area contributed by atoms with Gasteiger partial charge in [0, 0.05) is 13.1 Å². The predicted molar refractivity (Wildman–Crippen MR) is 79.3 cm³/mol. The van der Waals surface area contributed by atoms with E-state index in [0.29, 0.717) is 13.1 Å². The predicted octanol–water partition coefficient (Wildman–Crippen LogP) is 1.53. The number of nitrogens with zero attached hydrogens (tertiary/aromatic N) is 1. The summed E-state index contributed by atoms with van der Waals surface area (Å²) in [5.74, 6) is 5.34. The Morgan fingerprint density at radius 1 is 0.824 bits per heavy atom. The second-order valence-corrected chi connectivity index (χ2v) is 9.03. The van der Waals surface area contributed by atoms with Crippen LogP contribution in [0.15, 0.2) is 0 Å². The third-order valence-corrected chi connectivity index (χ3v) is 8.55. The van der Waals surface area contributed by atoms with Gasteiger partial charge in [-0.1, -0.05) is 20.8 Å². The molecule has 0 unspecified atom stereocenters. The average molecular weight is 265 g/mol. The van der Waals surface area contributed by atoms with Gasteiger partial charge in [-0.25, -0.2) is 10.0 Å². The zero-order valence-electron chi connectivity index (χ0n) is 11.8. The summed E-state index contributed by atoms with van der Waals surface area (Å²) in [5, 5.41) is 17.9. The van der Waals surface area contributed by atoms with Crippen molar-refractivity contribution in [2.75, 3.05) is 55.9 Å². The van der Waals surface area contributed by atoms with Crippen LogP contribution in [0.1, 0.15) is 27.2 Å². The Morgan fingerprint density at radius 3 is 1.65 bits per heavy atom. The van der Waals surface area contributed by atoms with E-state index < -0.39 is 0 Å². The molecule has 0 fully saturated rings. The van der Waals surface area contributed by atoms with Crippen LogP contribution in [0.3, 0.4) is 0 Å². The van der Waals surface area contributed by atoms with Gasteiger partial charge < -0.3 is 10.2 Å². The lowest BCUT2D eigenvalue weighted by atomic mass is 10.4. The highest BCUT2D eigenvalue weighted by atomic mass is 32.3. The minimum absolute atomic E-state index is 0.188. The van der Waals surface area contributed by atoms with Gasteiger partial charge in [-0.2, -0.15) is 0 Å². The van der Waals surface area contributed by atoms with Crippen molar-refractivity contribution >= 4 is 10.0 Å². The monoisotopic (exact) mass is 265 g/mol. The van der Waals surface area contributed by atoms with Gasteiger partial charge in [0.1, 0.15) is 0 Å². The summed E-state index contributed by atoms with van der Waals surface area (Å²) in [7, 11) is -0.387. The maximum atomic E-state index is 8.94. The molecule has 4 heteroatoms. The number of hydrogen-bond donors (Lipinski definition) is 2. The van der Waals surface area contributed by atoms with Crippen molar-refractivity contribution in [3.05, 3.63) is 0 Å². The van der Waals surface area contributed by atoms with Gasteiger partial charge in [0.25, 0.3) is 0 Å². The van der Waals surface area contributed by atoms with E-state index in [1.165, 1.54) is 29.4 Å². The fraction of sp³-hybridized carbons (Fsp3) is 1.00. The van der Waals surface area contributed by atoms with Crippen LogP contribution in [0.4, 0.5) is 0 Å². The molecular weight excluding hydrogens is 234 g/mol. The molecule has 0 aromatic carbocycles.